The van der Waals surface area contributed by atoms with Gasteiger partial charge in [-0.05, 0) is 18.2 Å². The normalized spacial score (nSPS) is 10.5. The number of rotatable bonds is 1. The van der Waals surface area contributed by atoms with Crippen molar-refractivity contribution in [2.45, 2.75) is 0 Å². The summed E-state index contributed by atoms with van der Waals surface area (Å²) in [4.78, 5) is 3.45. The summed E-state index contributed by atoms with van der Waals surface area (Å²) >= 11 is 0. The quantitative estimate of drug-likeness (QED) is 0.551. The first kappa shape index (κ1) is 13.1. The molecule has 0 bridgehead atoms. The summed E-state index contributed by atoms with van der Waals surface area (Å²) in [5, 5.41) is 20.8. The maximum absolute atomic E-state index is 9.44. The van der Waals surface area contributed by atoms with Crippen LogP contribution >= 0.6 is 0 Å². The zero-order chi connectivity index (χ0) is 15.8. The van der Waals surface area contributed by atoms with E-state index in [0.29, 0.717) is 11.1 Å². The van der Waals surface area contributed by atoms with Crippen LogP contribution in [0.5, 0.6) is 0 Å². The van der Waals surface area contributed by atoms with Crippen molar-refractivity contribution in [1.29, 1.82) is 10.5 Å². The van der Waals surface area contributed by atoms with Crippen LogP contribution in [-0.2, 0) is 0 Å². The number of nitrogens with zero attached hydrogens (tertiary/aromatic N) is 2. The fourth-order valence-electron chi connectivity index (χ4n) is 3.04. The molecule has 0 aliphatic heterocycles. The highest BCUT2D eigenvalue weighted by Gasteiger charge is 2.12. The molecule has 0 fully saturated rings. The van der Waals surface area contributed by atoms with Crippen LogP contribution in [0.3, 0.4) is 0 Å². The molecule has 0 aliphatic rings. The van der Waals surface area contributed by atoms with Gasteiger partial charge in [0.05, 0.1) is 28.8 Å². The minimum absolute atomic E-state index is 0.495. The zero-order valence-electron chi connectivity index (χ0n) is 12.2. The number of para-hydroxylation sites is 2. The largest absolute Gasteiger partial charge is 0.354 e. The van der Waals surface area contributed by atoms with Crippen LogP contribution in [0, 0.1) is 22.7 Å². The van der Waals surface area contributed by atoms with E-state index in [0.717, 1.165) is 32.9 Å². The fourth-order valence-corrected chi connectivity index (χ4v) is 3.04. The van der Waals surface area contributed by atoms with E-state index in [-0.39, 0.29) is 0 Å². The molecule has 0 atom stereocenters. The van der Waals surface area contributed by atoms with Gasteiger partial charge in [0, 0.05) is 27.4 Å². The molecule has 1 N–H and O–H groups in total. The molecule has 3 heteroatoms. The maximum Gasteiger partial charge on any atom is 0.0998 e. The molecule has 3 aromatic carbocycles. The zero-order valence-corrected chi connectivity index (χ0v) is 12.2. The molecule has 0 radical (unpaired) electrons. The number of hydrogen-bond donors (Lipinski definition) is 1. The summed E-state index contributed by atoms with van der Waals surface area (Å²) in [6.07, 6.45) is 0. The Morgan fingerprint density at radius 3 is 2.39 bits per heavy atom. The van der Waals surface area contributed by atoms with Crippen LogP contribution in [-0.4, -0.2) is 4.98 Å². The van der Waals surface area contributed by atoms with Crippen LogP contribution in [0.2, 0.25) is 0 Å². The van der Waals surface area contributed by atoms with E-state index < -0.39 is 0 Å². The fraction of sp³-hybridized carbons (Fsp3) is 0. The third kappa shape index (κ3) is 1.96. The Kier molecular flexibility index (Phi) is 2.86. The van der Waals surface area contributed by atoms with Crippen molar-refractivity contribution >= 4 is 21.8 Å². The lowest BCUT2D eigenvalue weighted by atomic mass is 9.96. The number of nitrogens with one attached hydrogen (secondary N) is 1. The van der Waals surface area contributed by atoms with Gasteiger partial charge in [-0.1, -0.05) is 42.5 Å². The highest BCUT2D eigenvalue weighted by atomic mass is 14.7. The molecule has 4 aromatic rings. The predicted molar refractivity (Wildman–Crippen MR) is 90.7 cm³/mol. The minimum atomic E-state index is 0.495. The molecule has 0 spiro atoms. The highest BCUT2D eigenvalue weighted by molar-refractivity contribution is 6.12. The summed E-state index contributed by atoms with van der Waals surface area (Å²) in [7, 11) is 0. The minimum Gasteiger partial charge on any atom is -0.354 e. The maximum atomic E-state index is 9.44. The number of benzene rings is 3. The molecule has 4 rings (SSSR count). The molecule has 3 nitrogen and oxygen atoms in total. The van der Waals surface area contributed by atoms with Gasteiger partial charge >= 0.3 is 0 Å². The second kappa shape index (κ2) is 5.02. The van der Waals surface area contributed by atoms with Crippen molar-refractivity contribution in [3.8, 4) is 23.3 Å². The SMILES string of the molecule is N#Cc1ccc(-c2cccc3c2[nH]c2ccccc23)c(C#N)c1. The molecule has 0 amide bonds. The van der Waals surface area contributed by atoms with Crippen LogP contribution in [0.25, 0.3) is 32.9 Å². The average Bonchev–Trinajstić information content (AvgIpc) is 3.00. The van der Waals surface area contributed by atoms with E-state index >= 15 is 0 Å². The number of aromatic amines is 1. The van der Waals surface area contributed by atoms with Gasteiger partial charge in [0.2, 0.25) is 0 Å². The van der Waals surface area contributed by atoms with Crippen LogP contribution in [0.4, 0.5) is 0 Å². The van der Waals surface area contributed by atoms with Gasteiger partial charge < -0.3 is 4.98 Å². The van der Waals surface area contributed by atoms with E-state index in [1.807, 2.05) is 36.4 Å². The lowest BCUT2D eigenvalue weighted by Crippen LogP contribution is -1.87. The first-order valence-electron chi connectivity index (χ1n) is 7.26. The first-order valence-corrected chi connectivity index (χ1v) is 7.26. The Bertz CT molecular complexity index is 1140. The molecular weight excluding hydrogens is 282 g/mol. The van der Waals surface area contributed by atoms with Gasteiger partial charge in [0.15, 0.2) is 0 Å². The van der Waals surface area contributed by atoms with E-state index in [1.165, 1.54) is 0 Å². The summed E-state index contributed by atoms with van der Waals surface area (Å²) in [6, 6.07) is 23.7. The van der Waals surface area contributed by atoms with Crippen molar-refractivity contribution in [3.05, 3.63) is 71.8 Å². The van der Waals surface area contributed by atoms with E-state index in [1.54, 1.807) is 12.1 Å². The van der Waals surface area contributed by atoms with Gasteiger partial charge in [-0.15, -0.1) is 0 Å². The molecule has 1 heterocycles. The van der Waals surface area contributed by atoms with Crippen LogP contribution < -0.4 is 0 Å². The topological polar surface area (TPSA) is 63.4 Å². The Balaban J connectivity index is 2.08. The molecule has 0 saturated heterocycles. The lowest BCUT2D eigenvalue weighted by molar-refractivity contribution is 1.44. The first-order chi connectivity index (χ1) is 11.3. The second-order valence-corrected chi connectivity index (χ2v) is 5.38. The second-order valence-electron chi connectivity index (χ2n) is 5.38. The number of fused-ring (bicyclic) bond motifs is 3. The van der Waals surface area contributed by atoms with Gasteiger partial charge in [0.25, 0.3) is 0 Å². The van der Waals surface area contributed by atoms with Gasteiger partial charge in [0.1, 0.15) is 0 Å². The summed E-state index contributed by atoms with van der Waals surface area (Å²) < 4.78 is 0. The molecule has 0 aliphatic carbocycles. The van der Waals surface area contributed by atoms with Crippen molar-refractivity contribution < 1.29 is 0 Å². The highest BCUT2D eigenvalue weighted by Crippen LogP contribution is 2.34. The van der Waals surface area contributed by atoms with E-state index in [2.05, 4.69) is 29.3 Å². The number of aromatic nitrogens is 1. The summed E-state index contributed by atoms with van der Waals surface area (Å²) in [5.41, 5.74) is 4.89. The van der Waals surface area contributed by atoms with E-state index in [4.69, 9.17) is 5.26 Å². The molecular formula is C20H11N3. The smallest absolute Gasteiger partial charge is 0.0998 e. The Labute approximate surface area is 133 Å². The van der Waals surface area contributed by atoms with Crippen molar-refractivity contribution in [3.63, 3.8) is 0 Å². The molecule has 1 aromatic heterocycles. The third-order valence-corrected chi connectivity index (χ3v) is 4.10. The Hall–Kier alpha value is -3.56. The van der Waals surface area contributed by atoms with E-state index in [9.17, 15) is 5.26 Å². The van der Waals surface area contributed by atoms with Gasteiger partial charge in [-0.25, -0.2) is 0 Å². The van der Waals surface area contributed by atoms with Crippen LogP contribution in [0.1, 0.15) is 11.1 Å². The van der Waals surface area contributed by atoms with Gasteiger partial charge in [-0.2, -0.15) is 10.5 Å². The summed E-state index contributed by atoms with van der Waals surface area (Å²) in [6.45, 7) is 0. The predicted octanol–water partition coefficient (Wildman–Crippen LogP) is 4.73. The number of H-pyrrole nitrogens is 1. The van der Waals surface area contributed by atoms with Crippen molar-refractivity contribution in [2.24, 2.45) is 0 Å². The number of nitriles is 2. The molecule has 106 valence electrons. The Morgan fingerprint density at radius 1 is 0.739 bits per heavy atom. The molecule has 0 unspecified atom stereocenters. The molecule has 23 heavy (non-hydrogen) atoms. The monoisotopic (exact) mass is 293 g/mol. The van der Waals surface area contributed by atoms with Crippen molar-refractivity contribution in [2.75, 3.05) is 0 Å². The average molecular weight is 293 g/mol. The molecule has 0 saturated carbocycles. The van der Waals surface area contributed by atoms with Crippen molar-refractivity contribution in [1.82, 2.24) is 4.98 Å². The number of hydrogen-bond acceptors (Lipinski definition) is 2. The Morgan fingerprint density at radius 2 is 1.57 bits per heavy atom. The van der Waals surface area contributed by atoms with Crippen LogP contribution in [0.15, 0.2) is 60.7 Å². The lowest BCUT2D eigenvalue weighted by Gasteiger charge is -2.06. The third-order valence-electron chi connectivity index (χ3n) is 4.10. The van der Waals surface area contributed by atoms with Gasteiger partial charge in [-0.3, -0.25) is 0 Å². The standard InChI is InChI=1S/C20H11N3/c21-11-13-8-9-15(14(10-13)12-22)17-5-3-6-18-16-4-1-2-7-19(16)23-20(17)18/h1-10,23H. The summed E-state index contributed by atoms with van der Waals surface area (Å²) in [5.74, 6) is 0.